The largest absolute Gasteiger partial charge is 0.490 e. The minimum Gasteiger partial charge on any atom is -0.490 e. The first-order valence-corrected chi connectivity index (χ1v) is 7.59. The molecule has 2 aromatic carbocycles. The molecular formula is C18H17F2NO2. The van der Waals surface area contributed by atoms with E-state index in [1.54, 1.807) is 17.0 Å². The summed E-state index contributed by atoms with van der Waals surface area (Å²) in [5.41, 5.74) is 0.482. The lowest BCUT2D eigenvalue weighted by molar-refractivity contribution is 0.0595. The molecule has 0 aromatic heterocycles. The third-order valence-corrected chi connectivity index (χ3v) is 3.92. The molecule has 0 N–H and O–H groups in total. The van der Waals surface area contributed by atoms with Crippen LogP contribution in [0.5, 0.6) is 5.75 Å². The zero-order valence-electron chi connectivity index (χ0n) is 12.5. The van der Waals surface area contributed by atoms with E-state index in [4.69, 9.17) is 4.74 Å². The van der Waals surface area contributed by atoms with Gasteiger partial charge in [-0.25, -0.2) is 8.78 Å². The summed E-state index contributed by atoms with van der Waals surface area (Å²) in [6.07, 6.45) is 1.33. The molecule has 0 radical (unpaired) electrons. The molecule has 1 heterocycles. The molecule has 3 nitrogen and oxygen atoms in total. The predicted octanol–water partition coefficient (Wildman–Crippen LogP) is 3.65. The Balaban J connectivity index is 1.55. The van der Waals surface area contributed by atoms with Crippen molar-refractivity contribution in [2.75, 3.05) is 13.1 Å². The van der Waals surface area contributed by atoms with Crippen molar-refractivity contribution in [2.45, 2.75) is 18.9 Å². The molecule has 5 heteroatoms. The second-order valence-electron chi connectivity index (χ2n) is 5.57. The van der Waals surface area contributed by atoms with Gasteiger partial charge < -0.3 is 9.64 Å². The van der Waals surface area contributed by atoms with Gasteiger partial charge in [0.2, 0.25) is 0 Å². The van der Waals surface area contributed by atoms with Crippen LogP contribution < -0.4 is 4.74 Å². The maximum Gasteiger partial charge on any atom is 0.253 e. The van der Waals surface area contributed by atoms with Crippen LogP contribution in [0.1, 0.15) is 23.2 Å². The van der Waals surface area contributed by atoms with Crippen LogP contribution in [-0.2, 0) is 0 Å². The lowest BCUT2D eigenvalue weighted by Gasteiger charge is -2.32. The van der Waals surface area contributed by atoms with Crippen molar-refractivity contribution in [1.29, 1.82) is 0 Å². The van der Waals surface area contributed by atoms with Gasteiger partial charge >= 0.3 is 0 Å². The summed E-state index contributed by atoms with van der Waals surface area (Å²) >= 11 is 0. The molecule has 0 spiro atoms. The van der Waals surface area contributed by atoms with Gasteiger partial charge in [-0.05, 0) is 36.4 Å². The molecule has 1 aliphatic rings. The highest BCUT2D eigenvalue weighted by Crippen LogP contribution is 2.21. The van der Waals surface area contributed by atoms with Crippen molar-refractivity contribution < 1.29 is 18.3 Å². The van der Waals surface area contributed by atoms with Gasteiger partial charge in [0.25, 0.3) is 5.91 Å². The normalized spacial score (nSPS) is 15.5. The van der Waals surface area contributed by atoms with Gasteiger partial charge in [0.15, 0.2) is 0 Å². The molecule has 0 bridgehead atoms. The van der Waals surface area contributed by atoms with Gasteiger partial charge in [-0.15, -0.1) is 0 Å². The Morgan fingerprint density at radius 2 is 1.70 bits per heavy atom. The molecule has 0 saturated carbocycles. The molecule has 0 unspecified atom stereocenters. The average Bonchev–Trinajstić information content (AvgIpc) is 2.56. The number of carbonyl (C=O) groups excluding carboxylic acids is 1. The summed E-state index contributed by atoms with van der Waals surface area (Å²) in [4.78, 5) is 14.1. The predicted molar refractivity (Wildman–Crippen MR) is 82.4 cm³/mol. The molecule has 1 aliphatic heterocycles. The number of hydrogen-bond donors (Lipinski definition) is 0. The Morgan fingerprint density at radius 3 is 2.35 bits per heavy atom. The van der Waals surface area contributed by atoms with Crippen molar-refractivity contribution >= 4 is 5.91 Å². The lowest BCUT2D eigenvalue weighted by atomic mass is 10.1. The first kappa shape index (κ1) is 15.5. The standard InChI is InChI=1S/C18H17F2NO2/c19-14-6-4-13(5-7-14)18(22)21-10-8-16(9-11-21)23-17-3-1-2-15(20)12-17/h1-7,12,16H,8-11H2. The fraction of sp³-hybridized carbons (Fsp3) is 0.278. The number of likely N-dealkylation sites (tertiary alicyclic amines) is 1. The summed E-state index contributed by atoms with van der Waals surface area (Å²) in [6.45, 7) is 1.13. The van der Waals surface area contributed by atoms with E-state index < -0.39 is 0 Å². The van der Waals surface area contributed by atoms with Gasteiger partial charge in [-0.3, -0.25) is 4.79 Å². The molecule has 1 saturated heterocycles. The van der Waals surface area contributed by atoms with Crippen LogP contribution in [0.15, 0.2) is 48.5 Å². The first-order chi connectivity index (χ1) is 11.1. The molecule has 120 valence electrons. The maximum atomic E-state index is 13.1. The van der Waals surface area contributed by atoms with Gasteiger partial charge in [0.05, 0.1) is 0 Å². The van der Waals surface area contributed by atoms with E-state index in [1.807, 2.05) is 0 Å². The number of nitrogens with zero attached hydrogens (tertiary/aromatic N) is 1. The van der Waals surface area contributed by atoms with E-state index in [2.05, 4.69) is 0 Å². The van der Waals surface area contributed by atoms with Crippen molar-refractivity contribution in [3.63, 3.8) is 0 Å². The summed E-state index contributed by atoms with van der Waals surface area (Å²) in [7, 11) is 0. The number of halogens is 2. The van der Waals surface area contributed by atoms with Gasteiger partial charge in [0, 0.05) is 37.6 Å². The highest BCUT2D eigenvalue weighted by molar-refractivity contribution is 5.94. The summed E-state index contributed by atoms with van der Waals surface area (Å²) in [6, 6.07) is 11.6. The minimum atomic E-state index is -0.358. The Hall–Kier alpha value is -2.43. The minimum absolute atomic E-state index is 0.0333. The van der Waals surface area contributed by atoms with Crippen LogP contribution in [0.2, 0.25) is 0 Å². The third-order valence-electron chi connectivity index (χ3n) is 3.92. The topological polar surface area (TPSA) is 29.5 Å². The molecule has 23 heavy (non-hydrogen) atoms. The van der Waals surface area contributed by atoms with Crippen LogP contribution in [0, 0.1) is 11.6 Å². The number of amides is 1. The van der Waals surface area contributed by atoms with Crippen LogP contribution >= 0.6 is 0 Å². The monoisotopic (exact) mass is 317 g/mol. The van der Waals surface area contributed by atoms with Gasteiger partial charge in [-0.1, -0.05) is 6.07 Å². The number of rotatable bonds is 3. The second kappa shape index (κ2) is 6.77. The number of benzene rings is 2. The van der Waals surface area contributed by atoms with Crippen molar-refractivity contribution in [3.05, 3.63) is 65.7 Å². The number of piperidine rings is 1. The van der Waals surface area contributed by atoms with E-state index in [0.717, 1.165) is 0 Å². The Morgan fingerprint density at radius 1 is 1.00 bits per heavy atom. The summed E-state index contributed by atoms with van der Waals surface area (Å²) in [5, 5.41) is 0. The van der Waals surface area contributed by atoms with Gasteiger partial charge in [-0.2, -0.15) is 0 Å². The van der Waals surface area contributed by atoms with Gasteiger partial charge in [0.1, 0.15) is 23.5 Å². The quantitative estimate of drug-likeness (QED) is 0.865. The molecule has 0 atom stereocenters. The van der Waals surface area contributed by atoms with E-state index in [-0.39, 0.29) is 23.6 Å². The highest BCUT2D eigenvalue weighted by Gasteiger charge is 2.24. The van der Waals surface area contributed by atoms with Crippen LogP contribution in [0.25, 0.3) is 0 Å². The fourth-order valence-electron chi connectivity index (χ4n) is 2.68. The Kier molecular flexibility index (Phi) is 4.55. The summed E-state index contributed by atoms with van der Waals surface area (Å²) < 4.78 is 31.8. The second-order valence-corrected chi connectivity index (χ2v) is 5.57. The molecule has 0 aliphatic carbocycles. The van der Waals surface area contributed by atoms with Crippen LogP contribution in [-0.4, -0.2) is 30.0 Å². The first-order valence-electron chi connectivity index (χ1n) is 7.59. The third kappa shape index (κ3) is 3.86. The average molecular weight is 317 g/mol. The number of carbonyl (C=O) groups is 1. The molecule has 1 amide bonds. The Labute approximate surface area is 133 Å². The van der Waals surface area contributed by atoms with E-state index in [1.165, 1.54) is 36.4 Å². The van der Waals surface area contributed by atoms with Crippen molar-refractivity contribution in [2.24, 2.45) is 0 Å². The number of ether oxygens (including phenoxy) is 1. The zero-order chi connectivity index (χ0) is 16.2. The lowest BCUT2D eigenvalue weighted by Crippen LogP contribution is -2.41. The smallest absolute Gasteiger partial charge is 0.253 e. The molecule has 2 aromatic rings. The zero-order valence-corrected chi connectivity index (χ0v) is 12.5. The SMILES string of the molecule is O=C(c1ccc(F)cc1)N1CCC(Oc2cccc(F)c2)CC1. The van der Waals surface area contributed by atoms with Crippen LogP contribution in [0.4, 0.5) is 8.78 Å². The Bertz CT molecular complexity index is 680. The highest BCUT2D eigenvalue weighted by atomic mass is 19.1. The molecule has 3 rings (SSSR count). The molecular weight excluding hydrogens is 300 g/mol. The van der Waals surface area contributed by atoms with E-state index in [0.29, 0.717) is 37.2 Å². The number of hydrogen-bond acceptors (Lipinski definition) is 2. The van der Waals surface area contributed by atoms with Crippen molar-refractivity contribution in [1.82, 2.24) is 4.90 Å². The van der Waals surface area contributed by atoms with E-state index >= 15 is 0 Å². The fourth-order valence-corrected chi connectivity index (χ4v) is 2.68. The van der Waals surface area contributed by atoms with E-state index in [9.17, 15) is 13.6 Å². The van der Waals surface area contributed by atoms with Crippen LogP contribution in [0.3, 0.4) is 0 Å². The molecule has 1 fully saturated rings. The maximum absolute atomic E-state index is 13.1. The van der Waals surface area contributed by atoms with Crippen molar-refractivity contribution in [3.8, 4) is 5.75 Å². The summed E-state index contributed by atoms with van der Waals surface area (Å²) in [5.74, 6) is -0.280.